The Morgan fingerprint density at radius 2 is 2.00 bits per heavy atom. The van der Waals surface area contributed by atoms with Crippen LogP contribution in [-0.4, -0.2) is 22.4 Å². The van der Waals surface area contributed by atoms with Gasteiger partial charge in [0.05, 0.1) is 6.61 Å². The zero-order valence-electron chi connectivity index (χ0n) is 10.4. The molecule has 0 aromatic heterocycles. The third kappa shape index (κ3) is 6.54. The summed E-state index contributed by atoms with van der Waals surface area (Å²) in [7, 11) is -2.60. The minimum Gasteiger partial charge on any atom is -0.458 e. The van der Waals surface area contributed by atoms with Crippen molar-refractivity contribution in [3.8, 4) is 0 Å². The summed E-state index contributed by atoms with van der Waals surface area (Å²) in [6.07, 6.45) is 1.17. The topological polar surface area (TPSA) is 69.5 Å². The fraction of sp³-hybridized carbons (Fsp3) is 0.333. The zero-order chi connectivity index (χ0) is 12.7. The molecule has 1 aromatic rings. The van der Waals surface area contributed by atoms with Gasteiger partial charge in [0, 0.05) is 4.90 Å². The maximum Gasteiger partial charge on any atom is 1.00 e. The van der Waals surface area contributed by atoms with Crippen LogP contribution in [0.4, 0.5) is 0 Å². The molecule has 0 spiro atoms. The molecule has 0 radical (unpaired) electrons. The number of sulfonamides is 1. The Morgan fingerprint density at radius 3 is 2.33 bits per heavy atom. The van der Waals surface area contributed by atoms with Gasteiger partial charge in [-0.05, 0) is 25.4 Å². The van der Waals surface area contributed by atoms with Gasteiger partial charge in [-0.1, -0.05) is 17.7 Å². The van der Waals surface area contributed by atoms with Gasteiger partial charge in [-0.3, -0.25) is 11.8 Å². The van der Waals surface area contributed by atoms with Crippen molar-refractivity contribution >= 4 is 29.2 Å². The molecule has 1 aliphatic rings. The average Bonchev–Trinajstić information content (AvgIpc) is 2.88. The molecule has 0 aliphatic carbocycles. The summed E-state index contributed by atoms with van der Waals surface area (Å²) in [6.45, 7) is 2.76. The van der Waals surface area contributed by atoms with Gasteiger partial charge in [-0.2, -0.15) is 0 Å². The molecule has 18 heavy (non-hydrogen) atoms. The van der Waals surface area contributed by atoms with Gasteiger partial charge in [0.25, 0.3) is 0 Å². The molecule has 94 valence electrons. The van der Waals surface area contributed by atoms with Crippen LogP contribution < -0.4 is 34.9 Å². The van der Waals surface area contributed by atoms with E-state index in [0.29, 0.717) is 0 Å². The van der Waals surface area contributed by atoms with Gasteiger partial charge in [-0.15, -0.1) is 0 Å². The van der Waals surface area contributed by atoms with Gasteiger partial charge in [0.1, 0.15) is 10.0 Å². The molecule has 5 nitrogen and oxygen atoms in total. The van der Waals surface area contributed by atoms with E-state index in [2.05, 4.69) is 9.63 Å². The van der Waals surface area contributed by atoms with Crippen LogP contribution in [0.3, 0.4) is 0 Å². The number of halogens is 1. The standard InChI is InChI=1S/C7H7ClNO2S.C2H6BNO.Na/c1-6-2-4-7(5-3-6)12(10,11)9-8;1-2-5-4-3-1;/h2-5H,1H3;3-4H,1-2H2;/q-1;;+1. The number of aryl methyl sites for hydroxylation is 1. The van der Waals surface area contributed by atoms with Crippen LogP contribution >= 0.6 is 11.8 Å². The van der Waals surface area contributed by atoms with E-state index < -0.39 is 10.0 Å². The Hall–Kier alpha value is 0.405. The molecule has 9 heteroatoms. The summed E-state index contributed by atoms with van der Waals surface area (Å²) < 4.78 is 24.8. The molecular formula is C9H13BClN2NaO3S. The van der Waals surface area contributed by atoms with Gasteiger partial charge in [0.2, 0.25) is 7.41 Å². The molecule has 1 heterocycles. The Balaban J connectivity index is 0.000000405. The minimum absolute atomic E-state index is 0. The first kappa shape index (κ1) is 18.4. The molecule has 1 saturated heterocycles. The van der Waals surface area contributed by atoms with E-state index in [9.17, 15) is 8.42 Å². The van der Waals surface area contributed by atoms with Crippen molar-refractivity contribution in [1.29, 1.82) is 0 Å². The number of hydrogen-bond acceptors (Lipinski definition) is 4. The van der Waals surface area contributed by atoms with E-state index in [1.165, 1.54) is 18.5 Å². The first-order valence-corrected chi connectivity index (χ1v) is 6.83. The van der Waals surface area contributed by atoms with Crippen molar-refractivity contribution in [2.75, 3.05) is 6.61 Å². The van der Waals surface area contributed by atoms with Crippen molar-refractivity contribution in [2.24, 2.45) is 0 Å². The number of rotatable bonds is 2. The Bertz CT molecular complexity index is 432. The molecule has 0 amide bonds. The van der Waals surface area contributed by atoms with Crippen molar-refractivity contribution in [1.82, 2.24) is 5.39 Å². The maximum absolute atomic E-state index is 11.0. The Kier molecular flexibility index (Phi) is 9.54. The second-order valence-electron chi connectivity index (χ2n) is 3.45. The zero-order valence-corrected chi connectivity index (χ0v) is 14.0. The summed E-state index contributed by atoms with van der Waals surface area (Å²) in [5, 5.41) is 2.72. The van der Waals surface area contributed by atoms with Gasteiger partial charge < -0.3 is 9.08 Å². The summed E-state index contributed by atoms with van der Waals surface area (Å²) >= 11 is 4.90. The number of nitrogens with zero attached hydrogens (tertiary/aromatic N) is 1. The molecule has 2 rings (SSSR count). The largest absolute Gasteiger partial charge is 1.00 e. The molecule has 1 aliphatic heterocycles. The van der Waals surface area contributed by atoms with Crippen LogP contribution in [-0.2, 0) is 14.9 Å². The number of nitrogens with one attached hydrogen (secondary N) is 1. The minimum atomic E-state index is -3.62. The average molecular weight is 299 g/mol. The molecule has 1 aromatic carbocycles. The van der Waals surface area contributed by atoms with Crippen molar-refractivity contribution in [3.05, 3.63) is 34.1 Å². The number of hydrogen-bond donors (Lipinski definition) is 1. The van der Waals surface area contributed by atoms with Crippen LogP contribution in [0.15, 0.2) is 29.2 Å². The second-order valence-corrected chi connectivity index (χ2v) is 5.43. The quantitative estimate of drug-likeness (QED) is 0.675. The Labute approximate surface area is 135 Å². The monoisotopic (exact) mass is 298 g/mol. The summed E-state index contributed by atoms with van der Waals surface area (Å²) in [6, 6.07) is 6.32. The van der Waals surface area contributed by atoms with Crippen molar-refractivity contribution < 1.29 is 42.8 Å². The molecule has 0 bridgehead atoms. The molecule has 1 N–H and O–H groups in total. The predicted octanol–water partition coefficient (Wildman–Crippen LogP) is -1.49. The van der Waals surface area contributed by atoms with Gasteiger partial charge >= 0.3 is 29.6 Å². The van der Waals surface area contributed by atoms with Crippen LogP contribution in [0, 0.1) is 6.92 Å². The summed E-state index contributed by atoms with van der Waals surface area (Å²) in [5.74, 6) is 0. The third-order valence-corrected chi connectivity index (χ3v) is 3.63. The van der Waals surface area contributed by atoms with E-state index in [1.807, 2.05) is 6.92 Å². The fourth-order valence-corrected chi connectivity index (χ4v) is 1.91. The van der Waals surface area contributed by atoms with Crippen LogP contribution in [0.2, 0.25) is 6.32 Å². The van der Waals surface area contributed by atoms with Crippen molar-refractivity contribution in [3.63, 3.8) is 0 Å². The van der Waals surface area contributed by atoms with E-state index in [-0.39, 0.29) is 34.5 Å². The summed E-state index contributed by atoms with van der Waals surface area (Å²) in [5.41, 5.74) is 0.989. The first-order chi connectivity index (χ1) is 8.06. The van der Waals surface area contributed by atoms with E-state index in [4.69, 9.17) is 16.6 Å². The van der Waals surface area contributed by atoms with E-state index >= 15 is 0 Å². The second kappa shape index (κ2) is 9.33. The molecule has 1 fully saturated rings. The van der Waals surface area contributed by atoms with Gasteiger partial charge in [0.15, 0.2) is 0 Å². The molecule has 0 unspecified atom stereocenters. The van der Waals surface area contributed by atoms with E-state index in [1.54, 1.807) is 12.1 Å². The van der Waals surface area contributed by atoms with Crippen LogP contribution in [0.1, 0.15) is 5.56 Å². The van der Waals surface area contributed by atoms with Gasteiger partial charge in [-0.25, -0.2) is 13.8 Å². The van der Waals surface area contributed by atoms with Crippen molar-refractivity contribution in [2.45, 2.75) is 18.1 Å². The molecular weight excluding hydrogens is 285 g/mol. The molecule has 0 saturated carbocycles. The molecule has 0 atom stereocenters. The summed E-state index contributed by atoms with van der Waals surface area (Å²) in [4.78, 5) is 4.81. The Morgan fingerprint density at radius 1 is 1.39 bits per heavy atom. The smallest absolute Gasteiger partial charge is 0.458 e. The number of benzene rings is 1. The third-order valence-electron chi connectivity index (χ3n) is 2.04. The van der Waals surface area contributed by atoms with E-state index in [0.717, 1.165) is 19.6 Å². The fourth-order valence-electron chi connectivity index (χ4n) is 1.11. The van der Waals surface area contributed by atoms with Crippen LogP contribution in [0.25, 0.3) is 4.24 Å². The first-order valence-electron chi connectivity index (χ1n) is 5.06. The predicted molar refractivity (Wildman–Crippen MR) is 68.6 cm³/mol. The SMILES string of the molecule is B1CCON1.Cc1ccc(S(=O)(=O)[N-]Cl)cc1.[Na+]. The normalized spacial score (nSPS) is 13.9. The van der Waals surface area contributed by atoms with Crippen LogP contribution in [0.5, 0.6) is 0 Å². The maximum atomic E-state index is 11.0.